The van der Waals surface area contributed by atoms with Gasteiger partial charge in [-0.05, 0) is 38.8 Å². The molecule has 0 bridgehead atoms. The quantitative estimate of drug-likeness (QED) is 0.698. The third-order valence-electron chi connectivity index (χ3n) is 4.14. The van der Waals surface area contributed by atoms with E-state index in [1.807, 2.05) is 13.8 Å². The number of hydrogen-bond donors (Lipinski definition) is 1. The van der Waals surface area contributed by atoms with Crippen LogP contribution < -0.4 is 10.1 Å². The number of aromatic nitrogens is 3. The second-order valence-electron chi connectivity index (χ2n) is 6.66. The fourth-order valence-electron chi connectivity index (χ4n) is 2.95. The molecule has 0 saturated heterocycles. The number of pyridine rings is 1. The minimum atomic E-state index is -0.263. The van der Waals surface area contributed by atoms with Crippen LogP contribution in [0.15, 0.2) is 22.9 Å². The summed E-state index contributed by atoms with van der Waals surface area (Å²) in [4.78, 5) is 22.4. The molecule has 0 atom stereocenters. The Morgan fingerprint density at radius 2 is 2.21 bits per heavy atom. The second kappa shape index (κ2) is 7.69. The first-order valence-electron chi connectivity index (χ1n) is 8.98. The van der Waals surface area contributed by atoms with Crippen LogP contribution in [0.1, 0.15) is 40.5 Å². The number of nitrogens with one attached hydrogen (secondary N) is 1. The van der Waals surface area contributed by atoms with E-state index in [1.165, 1.54) is 17.5 Å². The van der Waals surface area contributed by atoms with Crippen molar-refractivity contribution in [1.29, 1.82) is 0 Å². The van der Waals surface area contributed by atoms with Gasteiger partial charge in [0.05, 0.1) is 30.4 Å². The van der Waals surface area contributed by atoms with Gasteiger partial charge in [-0.3, -0.25) is 4.79 Å². The molecule has 146 valence electrons. The van der Waals surface area contributed by atoms with Gasteiger partial charge in [-0.25, -0.2) is 4.98 Å². The molecule has 0 aromatic carbocycles. The number of aryl methyl sites for hydroxylation is 1. The first-order chi connectivity index (χ1) is 13.5. The molecule has 3 aromatic heterocycles. The van der Waals surface area contributed by atoms with Gasteiger partial charge < -0.3 is 19.3 Å². The Labute approximate surface area is 165 Å². The largest absolute Gasteiger partial charge is 0.475 e. The van der Waals surface area contributed by atoms with Crippen LogP contribution in [0.25, 0.3) is 11.5 Å². The van der Waals surface area contributed by atoms with Gasteiger partial charge in [0, 0.05) is 17.1 Å². The molecule has 0 aliphatic carbocycles. The van der Waals surface area contributed by atoms with E-state index < -0.39 is 0 Å². The molecule has 0 saturated carbocycles. The van der Waals surface area contributed by atoms with Crippen molar-refractivity contribution in [3.05, 3.63) is 40.2 Å². The summed E-state index contributed by atoms with van der Waals surface area (Å²) in [5.74, 6) is 1.17. The van der Waals surface area contributed by atoms with E-state index in [2.05, 4.69) is 20.4 Å². The zero-order chi connectivity index (χ0) is 19.7. The molecule has 0 fully saturated rings. The number of carbonyl (C=O) groups is 1. The van der Waals surface area contributed by atoms with Crippen molar-refractivity contribution < 1.29 is 18.8 Å². The van der Waals surface area contributed by atoms with Gasteiger partial charge in [-0.1, -0.05) is 5.16 Å². The molecule has 4 heterocycles. The van der Waals surface area contributed by atoms with E-state index in [1.54, 1.807) is 19.1 Å². The maximum absolute atomic E-state index is 12.8. The van der Waals surface area contributed by atoms with Crippen LogP contribution in [-0.2, 0) is 17.8 Å². The van der Waals surface area contributed by atoms with Crippen LogP contribution in [0.2, 0.25) is 0 Å². The molecule has 3 aromatic rings. The van der Waals surface area contributed by atoms with E-state index in [0.717, 1.165) is 22.4 Å². The van der Waals surface area contributed by atoms with Crippen molar-refractivity contribution in [3.8, 4) is 17.3 Å². The summed E-state index contributed by atoms with van der Waals surface area (Å²) in [6.45, 7) is 6.74. The van der Waals surface area contributed by atoms with E-state index >= 15 is 0 Å². The Kier molecular flexibility index (Phi) is 5.10. The lowest BCUT2D eigenvalue weighted by Gasteiger charge is -2.12. The maximum atomic E-state index is 12.8. The number of nitrogens with zero attached hydrogens (tertiary/aromatic N) is 3. The molecule has 1 amide bonds. The summed E-state index contributed by atoms with van der Waals surface area (Å²) in [7, 11) is 0. The first kappa shape index (κ1) is 18.6. The van der Waals surface area contributed by atoms with Gasteiger partial charge in [0.15, 0.2) is 5.82 Å². The summed E-state index contributed by atoms with van der Waals surface area (Å²) in [6.07, 6.45) is 2.26. The molecule has 1 N–H and O–H groups in total. The zero-order valence-electron chi connectivity index (χ0n) is 15.8. The SMILES string of the molecule is Cc1noc(-c2c(NC(=O)c3ccc(OC(C)C)nc3)sc3c2CCOC3)n1. The molecule has 0 radical (unpaired) electrons. The molecular formula is C19H20N4O4S. The maximum Gasteiger partial charge on any atom is 0.261 e. The predicted octanol–water partition coefficient (Wildman–Crippen LogP) is 3.61. The fourth-order valence-corrected chi connectivity index (χ4v) is 4.12. The molecule has 9 heteroatoms. The topological polar surface area (TPSA) is 99.4 Å². The number of carbonyl (C=O) groups excluding carboxylic acids is 1. The third-order valence-corrected chi connectivity index (χ3v) is 5.26. The van der Waals surface area contributed by atoms with Gasteiger partial charge in [0.1, 0.15) is 5.00 Å². The highest BCUT2D eigenvalue weighted by molar-refractivity contribution is 7.17. The molecule has 0 spiro atoms. The summed E-state index contributed by atoms with van der Waals surface area (Å²) in [5.41, 5.74) is 2.31. The number of anilines is 1. The lowest BCUT2D eigenvalue weighted by atomic mass is 10.1. The van der Waals surface area contributed by atoms with Gasteiger partial charge in [0.25, 0.3) is 11.8 Å². The fraction of sp³-hybridized carbons (Fsp3) is 0.368. The second-order valence-corrected chi connectivity index (χ2v) is 7.77. The summed E-state index contributed by atoms with van der Waals surface area (Å²) >= 11 is 1.47. The smallest absolute Gasteiger partial charge is 0.261 e. The monoisotopic (exact) mass is 400 g/mol. The summed E-state index contributed by atoms with van der Waals surface area (Å²) < 4.78 is 16.4. The highest BCUT2D eigenvalue weighted by Gasteiger charge is 2.27. The van der Waals surface area contributed by atoms with Gasteiger partial charge in [0.2, 0.25) is 5.88 Å². The van der Waals surface area contributed by atoms with Crippen molar-refractivity contribution in [3.63, 3.8) is 0 Å². The summed E-state index contributed by atoms with van der Waals surface area (Å²) in [6, 6.07) is 3.37. The highest BCUT2D eigenvalue weighted by atomic mass is 32.1. The van der Waals surface area contributed by atoms with Gasteiger partial charge >= 0.3 is 0 Å². The van der Waals surface area contributed by atoms with Crippen LogP contribution in [0.5, 0.6) is 5.88 Å². The lowest BCUT2D eigenvalue weighted by molar-refractivity contribution is 0.102. The molecule has 28 heavy (non-hydrogen) atoms. The Hall–Kier alpha value is -2.78. The first-order valence-corrected chi connectivity index (χ1v) is 9.80. The molecule has 1 aliphatic heterocycles. The van der Waals surface area contributed by atoms with Crippen LogP contribution in [0.4, 0.5) is 5.00 Å². The van der Waals surface area contributed by atoms with Gasteiger partial charge in [-0.15, -0.1) is 11.3 Å². The average molecular weight is 400 g/mol. The van der Waals surface area contributed by atoms with E-state index in [9.17, 15) is 4.79 Å². The van der Waals surface area contributed by atoms with Crippen LogP contribution in [-0.4, -0.2) is 33.7 Å². The van der Waals surface area contributed by atoms with Crippen molar-refractivity contribution in [2.75, 3.05) is 11.9 Å². The number of rotatable bonds is 5. The highest BCUT2D eigenvalue weighted by Crippen LogP contribution is 2.42. The normalized spacial score (nSPS) is 13.4. The number of amides is 1. The summed E-state index contributed by atoms with van der Waals surface area (Å²) in [5, 5.41) is 7.52. The van der Waals surface area contributed by atoms with E-state index in [4.69, 9.17) is 14.0 Å². The molecular weight excluding hydrogens is 380 g/mol. The van der Waals surface area contributed by atoms with Crippen LogP contribution in [0, 0.1) is 6.92 Å². The lowest BCUT2D eigenvalue weighted by Crippen LogP contribution is -2.13. The minimum Gasteiger partial charge on any atom is -0.475 e. The third kappa shape index (κ3) is 3.76. The van der Waals surface area contributed by atoms with Crippen LogP contribution in [0.3, 0.4) is 0 Å². The minimum absolute atomic E-state index is 0.0206. The molecule has 0 unspecified atom stereocenters. The van der Waals surface area contributed by atoms with Gasteiger partial charge in [-0.2, -0.15) is 4.98 Å². The van der Waals surface area contributed by atoms with Crippen molar-refractivity contribution in [2.45, 2.75) is 39.9 Å². The zero-order valence-corrected chi connectivity index (χ0v) is 16.6. The van der Waals surface area contributed by atoms with Crippen molar-refractivity contribution >= 4 is 22.2 Å². The molecule has 1 aliphatic rings. The Bertz CT molecular complexity index is 994. The van der Waals surface area contributed by atoms with E-state index in [-0.39, 0.29) is 12.0 Å². The number of fused-ring (bicyclic) bond motifs is 1. The Balaban J connectivity index is 1.62. The molecule has 4 rings (SSSR count). The van der Waals surface area contributed by atoms with Crippen LogP contribution >= 0.6 is 11.3 Å². The standard InChI is InChI=1S/C19H20N4O4S/c1-10(2)26-15-5-4-12(8-20-15)17(24)22-19-16(18-21-11(3)23-27-18)13-6-7-25-9-14(13)28-19/h4-5,8,10H,6-7,9H2,1-3H3,(H,22,24). The Morgan fingerprint density at radius 3 is 2.89 bits per heavy atom. The van der Waals surface area contributed by atoms with Crippen molar-refractivity contribution in [2.24, 2.45) is 0 Å². The molecule has 8 nitrogen and oxygen atoms in total. The predicted molar refractivity (Wildman–Crippen MR) is 104 cm³/mol. The Morgan fingerprint density at radius 1 is 1.36 bits per heavy atom. The van der Waals surface area contributed by atoms with Crippen molar-refractivity contribution in [1.82, 2.24) is 15.1 Å². The number of hydrogen-bond acceptors (Lipinski definition) is 8. The average Bonchev–Trinajstić information content (AvgIpc) is 3.24. The number of thiophene rings is 1. The number of ether oxygens (including phenoxy) is 2. The van der Waals surface area contributed by atoms with E-state index in [0.29, 0.717) is 41.4 Å².